The van der Waals surface area contributed by atoms with Crippen molar-refractivity contribution in [3.8, 4) is 0 Å². The predicted octanol–water partition coefficient (Wildman–Crippen LogP) is 0.528. The lowest BCUT2D eigenvalue weighted by Gasteiger charge is -2.13. The van der Waals surface area contributed by atoms with Gasteiger partial charge in [0.2, 0.25) is 0 Å². The zero-order chi connectivity index (χ0) is 7.14. The molecule has 0 bridgehead atoms. The average Bonchev–Trinajstić information content (AvgIpc) is 2.41. The van der Waals surface area contributed by atoms with E-state index in [9.17, 15) is 10.2 Å². The van der Waals surface area contributed by atoms with Gasteiger partial charge in [0.1, 0.15) is 0 Å². The van der Waals surface area contributed by atoms with Crippen molar-refractivity contribution in [3.63, 3.8) is 0 Å². The largest absolute Gasteiger partial charge is 0.393 e. The molecule has 2 aliphatic rings. The summed E-state index contributed by atoms with van der Waals surface area (Å²) in [4.78, 5) is 0. The Bertz CT molecular complexity index is 119. The van der Waals surface area contributed by atoms with Gasteiger partial charge in [-0.3, -0.25) is 0 Å². The van der Waals surface area contributed by atoms with Crippen molar-refractivity contribution in [2.24, 2.45) is 11.8 Å². The van der Waals surface area contributed by atoms with Crippen LogP contribution < -0.4 is 0 Å². The summed E-state index contributed by atoms with van der Waals surface area (Å²) in [7, 11) is 0. The van der Waals surface area contributed by atoms with Gasteiger partial charge in [-0.05, 0) is 37.5 Å². The summed E-state index contributed by atoms with van der Waals surface area (Å²) < 4.78 is 0. The maximum atomic E-state index is 9.41. The molecule has 0 radical (unpaired) electrons. The third-order valence-electron chi connectivity index (χ3n) is 3.13. The first kappa shape index (κ1) is 6.62. The van der Waals surface area contributed by atoms with E-state index in [0.717, 1.165) is 25.7 Å². The van der Waals surface area contributed by atoms with E-state index in [1.54, 1.807) is 0 Å². The second-order valence-corrected chi connectivity index (χ2v) is 3.62. The average molecular weight is 142 g/mol. The summed E-state index contributed by atoms with van der Waals surface area (Å²) in [6, 6.07) is 0. The summed E-state index contributed by atoms with van der Waals surface area (Å²) >= 11 is 0. The Balaban J connectivity index is 2.09. The van der Waals surface area contributed by atoms with Crippen LogP contribution in [-0.2, 0) is 0 Å². The number of rotatable bonds is 0. The van der Waals surface area contributed by atoms with Gasteiger partial charge in [-0.25, -0.2) is 0 Å². The van der Waals surface area contributed by atoms with Gasteiger partial charge in [-0.15, -0.1) is 0 Å². The van der Waals surface area contributed by atoms with Crippen LogP contribution in [0.1, 0.15) is 25.7 Å². The van der Waals surface area contributed by atoms with Gasteiger partial charge < -0.3 is 10.2 Å². The fourth-order valence-electron chi connectivity index (χ4n) is 2.54. The molecular weight excluding hydrogens is 128 g/mol. The smallest absolute Gasteiger partial charge is 0.0572 e. The minimum Gasteiger partial charge on any atom is -0.393 e. The first-order chi connectivity index (χ1) is 4.79. The molecular formula is C8H14O2. The van der Waals surface area contributed by atoms with Crippen LogP contribution in [0.4, 0.5) is 0 Å². The van der Waals surface area contributed by atoms with Crippen LogP contribution in [0.25, 0.3) is 0 Å². The Morgan fingerprint density at radius 3 is 1.50 bits per heavy atom. The Morgan fingerprint density at radius 1 is 0.700 bits per heavy atom. The quantitative estimate of drug-likeness (QED) is 0.518. The van der Waals surface area contributed by atoms with Gasteiger partial charge in [0, 0.05) is 0 Å². The Kier molecular flexibility index (Phi) is 1.46. The van der Waals surface area contributed by atoms with E-state index in [0.29, 0.717) is 11.8 Å². The van der Waals surface area contributed by atoms with Crippen molar-refractivity contribution >= 4 is 0 Å². The molecule has 2 saturated carbocycles. The highest BCUT2D eigenvalue weighted by atomic mass is 16.3. The molecule has 58 valence electrons. The van der Waals surface area contributed by atoms with Gasteiger partial charge in [-0.1, -0.05) is 0 Å². The highest BCUT2D eigenvalue weighted by Gasteiger charge is 2.43. The third-order valence-corrected chi connectivity index (χ3v) is 3.13. The SMILES string of the molecule is OC1CCC2C(O)CCC12. The highest BCUT2D eigenvalue weighted by Crippen LogP contribution is 2.43. The standard InChI is InChI=1S/C8H14O2/c9-7-3-1-5-6(7)2-4-8(5)10/h5-10H,1-4H2. The number of aliphatic hydroxyl groups is 2. The molecule has 4 unspecified atom stereocenters. The number of hydrogen-bond donors (Lipinski definition) is 2. The predicted molar refractivity (Wildman–Crippen MR) is 37.5 cm³/mol. The van der Waals surface area contributed by atoms with Crippen molar-refractivity contribution in [3.05, 3.63) is 0 Å². The van der Waals surface area contributed by atoms with Crippen LogP contribution >= 0.6 is 0 Å². The molecule has 0 aromatic rings. The number of aliphatic hydroxyl groups excluding tert-OH is 2. The molecule has 2 aliphatic carbocycles. The van der Waals surface area contributed by atoms with Crippen molar-refractivity contribution < 1.29 is 10.2 Å². The molecule has 2 nitrogen and oxygen atoms in total. The molecule has 2 rings (SSSR count). The summed E-state index contributed by atoms with van der Waals surface area (Å²) in [5.74, 6) is 0.852. The van der Waals surface area contributed by atoms with Gasteiger partial charge >= 0.3 is 0 Å². The molecule has 0 aliphatic heterocycles. The van der Waals surface area contributed by atoms with Crippen molar-refractivity contribution in [2.75, 3.05) is 0 Å². The minimum absolute atomic E-state index is 0.109. The first-order valence-corrected chi connectivity index (χ1v) is 4.15. The second-order valence-electron chi connectivity index (χ2n) is 3.62. The monoisotopic (exact) mass is 142 g/mol. The maximum absolute atomic E-state index is 9.41. The van der Waals surface area contributed by atoms with Crippen molar-refractivity contribution in [1.82, 2.24) is 0 Å². The fraction of sp³-hybridized carbons (Fsp3) is 1.00. The Hall–Kier alpha value is -0.0800. The molecule has 0 heterocycles. The molecule has 2 N–H and O–H groups in total. The van der Waals surface area contributed by atoms with E-state index in [4.69, 9.17) is 0 Å². The topological polar surface area (TPSA) is 40.5 Å². The lowest BCUT2D eigenvalue weighted by molar-refractivity contribution is 0.0988. The lowest BCUT2D eigenvalue weighted by atomic mass is 9.98. The van der Waals surface area contributed by atoms with Crippen LogP contribution in [0.3, 0.4) is 0 Å². The third kappa shape index (κ3) is 0.789. The molecule has 10 heavy (non-hydrogen) atoms. The van der Waals surface area contributed by atoms with E-state index in [1.807, 2.05) is 0 Å². The molecule has 4 atom stereocenters. The zero-order valence-electron chi connectivity index (χ0n) is 6.03. The number of hydrogen-bond acceptors (Lipinski definition) is 2. The van der Waals surface area contributed by atoms with Crippen LogP contribution in [-0.4, -0.2) is 22.4 Å². The van der Waals surface area contributed by atoms with Gasteiger partial charge in [-0.2, -0.15) is 0 Å². The first-order valence-electron chi connectivity index (χ1n) is 4.15. The van der Waals surface area contributed by atoms with Crippen molar-refractivity contribution in [1.29, 1.82) is 0 Å². The molecule has 0 aromatic heterocycles. The van der Waals surface area contributed by atoms with Crippen LogP contribution in [0.15, 0.2) is 0 Å². The van der Waals surface area contributed by atoms with Crippen LogP contribution in [0.5, 0.6) is 0 Å². The van der Waals surface area contributed by atoms with Gasteiger partial charge in [0.25, 0.3) is 0 Å². The summed E-state index contributed by atoms with van der Waals surface area (Å²) in [6.45, 7) is 0. The summed E-state index contributed by atoms with van der Waals surface area (Å²) in [5, 5.41) is 18.8. The maximum Gasteiger partial charge on any atom is 0.0572 e. The molecule has 0 aromatic carbocycles. The van der Waals surface area contributed by atoms with E-state index in [2.05, 4.69) is 0 Å². The Morgan fingerprint density at radius 2 is 1.10 bits per heavy atom. The molecule has 2 fully saturated rings. The minimum atomic E-state index is -0.109. The van der Waals surface area contributed by atoms with E-state index >= 15 is 0 Å². The van der Waals surface area contributed by atoms with E-state index in [1.165, 1.54) is 0 Å². The molecule has 0 spiro atoms. The van der Waals surface area contributed by atoms with Gasteiger partial charge in [0.15, 0.2) is 0 Å². The van der Waals surface area contributed by atoms with Crippen molar-refractivity contribution in [2.45, 2.75) is 37.9 Å². The zero-order valence-corrected chi connectivity index (χ0v) is 6.03. The number of fused-ring (bicyclic) bond motifs is 1. The molecule has 0 amide bonds. The fourth-order valence-corrected chi connectivity index (χ4v) is 2.54. The van der Waals surface area contributed by atoms with E-state index in [-0.39, 0.29) is 12.2 Å². The second kappa shape index (κ2) is 2.21. The summed E-state index contributed by atoms with van der Waals surface area (Å²) in [6.07, 6.45) is 3.67. The summed E-state index contributed by atoms with van der Waals surface area (Å²) in [5.41, 5.74) is 0. The van der Waals surface area contributed by atoms with E-state index < -0.39 is 0 Å². The van der Waals surface area contributed by atoms with Crippen LogP contribution in [0.2, 0.25) is 0 Å². The normalized spacial score (nSPS) is 53.4. The van der Waals surface area contributed by atoms with Gasteiger partial charge in [0.05, 0.1) is 12.2 Å². The molecule has 2 heteroatoms. The molecule has 0 saturated heterocycles. The highest BCUT2D eigenvalue weighted by molar-refractivity contribution is 4.93. The Labute approximate surface area is 60.9 Å². The lowest BCUT2D eigenvalue weighted by Crippen LogP contribution is -2.18. The van der Waals surface area contributed by atoms with Crippen LogP contribution in [0, 0.1) is 11.8 Å².